The van der Waals surface area contributed by atoms with E-state index < -0.39 is 29.4 Å². The highest BCUT2D eigenvalue weighted by atomic mass is 79.9. The lowest BCUT2D eigenvalue weighted by Gasteiger charge is -2.14. The van der Waals surface area contributed by atoms with Crippen LogP contribution < -0.4 is 10.9 Å². The highest BCUT2D eigenvalue weighted by Crippen LogP contribution is 2.05. The maximum atomic E-state index is 11.7. The molecular weight excluding hydrogens is 348 g/mol. The second-order valence-electron chi connectivity index (χ2n) is 4.20. The molecule has 0 spiro atoms. The largest absolute Gasteiger partial charge is 0.481 e. The Bertz CT molecular complexity index is 612. The quantitative estimate of drug-likeness (QED) is 0.630. The molecule has 1 amide bonds. The molecule has 1 aromatic heterocycles. The molecule has 0 aliphatic carbocycles. The van der Waals surface area contributed by atoms with Crippen LogP contribution in [-0.4, -0.2) is 38.7 Å². The lowest BCUT2D eigenvalue weighted by Crippen LogP contribution is -2.43. The Morgan fingerprint density at radius 3 is 2.52 bits per heavy atom. The fraction of sp³-hybridized carbons (Fsp3) is 0.333. The third-order valence-corrected chi connectivity index (χ3v) is 3.01. The topological polar surface area (TPSA) is 126 Å². The number of amides is 1. The standard InChI is InChI=1S/C12H13BrN2O6/c13-7-1-3-10(17)15(5-7)6-9(16)14-8(12(20)21)2-4-11(18)19/h1,3,5,8H,2,4,6H2,(H,14,16)(H,18,19)(H,20,21). The summed E-state index contributed by atoms with van der Waals surface area (Å²) in [6.45, 7) is -0.352. The first-order valence-electron chi connectivity index (χ1n) is 5.89. The summed E-state index contributed by atoms with van der Waals surface area (Å²) in [5, 5.41) is 19.6. The van der Waals surface area contributed by atoms with Crippen LogP contribution in [0.5, 0.6) is 0 Å². The number of carbonyl (C=O) groups is 3. The first-order chi connectivity index (χ1) is 9.79. The Hall–Kier alpha value is -2.16. The van der Waals surface area contributed by atoms with Crippen molar-refractivity contribution in [2.24, 2.45) is 0 Å². The lowest BCUT2D eigenvalue weighted by atomic mass is 10.1. The van der Waals surface area contributed by atoms with Crippen molar-refractivity contribution in [1.29, 1.82) is 0 Å². The average molecular weight is 361 g/mol. The zero-order chi connectivity index (χ0) is 16.0. The van der Waals surface area contributed by atoms with Crippen molar-refractivity contribution in [3.63, 3.8) is 0 Å². The van der Waals surface area contributed by atoms with E-state index in [4.69, 9.17) is 10.2 Å². The van der Waals surface area contributed by atoms with Crippen LogP contribution in [0.15, 0.2) is 27.6 Å². The second kappa shape index (κ2) is 7.58. The number of rotatable bonds is 7. The van der Waals surface area contributed by atoms with Gasteiger partial charge in [-0.15, -0.1) is 0 Å². The molecule has 1 rings (SSSR count). The summed E-state index contributed by atoms with van der Waals surface area (Å²) in [5.41, 5.74) is -0.411. The molecule has 1 unspecified atom stereocenters. The van der Waals surface area contributed by atoms with Gasteiger partial charge in [-0.05, 0) is 28.4 Å². The van der Waals surface area contributed by atoms with Crippen LogP contribution in [0.4, 0.5) is 0 Å². The molecule has 0 fully saturated rings. The number of carboxylic acid groups (broad SMARTS) is 2. The van der Waals surface area contributed by atoms with E-state index in [2.05, 4.69) is 21.2 Å². The Labute approximate surface area is 127 Å². The van der Waals surface area contributed by atoms with Crippen LogP contribution >= 0.6 is 15.9 Å². The number of halogens is 1. The van der Waals surface area contributed by atoms with Crippen molar-refractivity contribution >= 4 is 33.8 Å². The van der Waals surface area contributed by atoms with Gasteiger partial charge >= 0.3 is 11.9 Å². The molecule has 1 aromatic rings. The first-order valence-corrected chi connectivity index (χ1v) is 6.69. The molecule has 0 aliphatic heterocycles. The van der Waals surface area contributed by atoms with Gasteiger partial charge in [0.05, 0.1) is 0 Å². The van der Waals surface area contributed by atoms with Crippen LogP contribution in [0.2, 0.25) is 0 Å². The number of carbonyl (C=O) groups excluding carboxylic acids is 1. The molecule has 3 N–H and O–H groups in total. The van der Waals surface area contributed by atoms with E-state index in [9.17, 15) is 19.2 Å². The minimum atomic E-state index is -1.33. The molecule has 0 aromatic carbocycles. The molecule has 0 saturated heterocycles. The fourth-order valence-corrected chi connectivity index (χ4v) is 1.92. The molecule has 1 heterocycles. The van der Waals surface area contributed by atoms with Crippen LogP contribution in [-0.2, 0) is 20.9 Å². The van der Waals surface area contributed by atoms with E-state index in [-0.39, 0.29) is 19.4 Å². The molecule has 21 heavy (non-hydrogen) atoms. The molecule has 0 radical (unpaired) electrons. The van der Waals surface area contributed by atoms with E-state index >= 15 is 0 Å². The minimum Gasteiger partial charge on any atom is -0.481 e. The first kappa shape index (κ1) is 16.9. The van der Waals surface area contributed by atoms with Gasteiger partial charge in [-0.2, -0.15) is 0 Å². The van der Waals surface area contributed by atoms with Gasteiger partial charge in [0.15, 0.2) is 0 Å². The van der Waals surface area contributed by atoms with E-state index in [1.54, 1.807) is 0 Å². The molecule has 0 aliphatic rings. The van der Waals surface area contributed by atoms with Gasteiger partial charge in [0, 0.05) is 23.2 Å². The van der Waals surface area contributed by atoms with E-state index in [0.717, 1.165) is 4.57 Å². The number of carboxylic acids is 2. The smallest absolute Gasteiger partial charge is 0.326 e. The Morgan fingerprint density at radius 2 is 1.95 bits per heavy atom. The number of aliphatic carboxylic acids is 2. The van der Waals surface area contributed by atoms with Crippen LogP contribution in [0.1, 0.15) is 12.8 Å². The number of aromatic nitrogens is 1. The van der Waals surface area contributed by atoms with Gasteiger partial charge in [0.2, 0.25) is 5.91 Å². The van der Waals surface area contributed by atoms with Crippen molar-refractivity contribution in [2.45, 2.75) is 25.4 Å². The number of nitrogens with zero attached hydrogens (tertiary/aromatic N) is 1. The maximum Gasteiger partial charge on any atom is 0.326 e. The molecular formula is C12H13BrN2O6. The number of pyridine rings is 1. The molecule has 0 saturated carbocycles. The van der Waals surface area contributed by atoms with E-state index in [1.165, 1.54) is 18.3 Å². The monoisotopic (exact) mass is 360 g/mol. The van der Waals surface area contributed by atoms with Crippen molar-refractivity contribution in [3.8, 4) is 0 Å². The highest BCUT2D eigenvalue weighted by Gasteiger charge is 2.21. The summed E-state index contributed by atoms with van der Waals surface area (Å²) >= 11 is 3.15. The summed E-state index contributed by atoms with van der Waals surface area (Å²) in [6.07, 6.45) is 0.785. The number of nitrogens with one attached hydrogen (secondary N) is 1. The summed E-state index contributed by atoms with van der Waals surface area (Å²) in [6, 6.07) is 1.47. The minimum absolute atomic E-state index is 0.232. The van der Waals surface area contributed by atoms with Gasteiger partial charge in [0.25, 0.3) is 5.56 Å². The summed E-state index contributed by atoms with van der Waals surface area (Å²) in [5.74, 6) is -3.17. The van der Waals surface area contributed by atoms with Gasteiger partial charge in [0.1, 0.15) is 12.6 Å². The van der Waals surface area contributed by atoms with Gasteiger partial charge in [-0.1, -0.05) is 0 Å². The van der Waals surface area contributed by atoms with Crippen LogP contribution in [0.25, 0.3) is 0 Å². The van der Waals surface area contributed by atoms with Crippen LogP contribution in [0, 0.1) is 0 Å². The van der Waals surface area contributed by atoms with Gasteiger partial charge in [-0.3, -0.25) is 14.4 Å². The third kappa shape index (κ3) is 5.78. The number of hydrogen-bond donors (Lipinski definition) is 3. The van der Waals surface area contributed by atoms with Crippen molar-refractivity contribution in [1.82, 2.24) is 9.88 Å². The maximum absolute atomic E-state index is 11.7. The fourth-order valence-electron chi connectivity index (χ4n) is 1.55. The molecule has 0 bridgehead atoms. The second-order valence-corrected chi connectivity index (χ2v) is 5.12. The Morgan fingerprint density at radius 1 is 1.29 bits per heavy atom. The molecule has 1 atom stereocenters. The summed E-state index contributed by atoms with van der Waals surface area (Å²) in [7, 11) is 0. The van der Waals surface area contributed by atoms with E-state index in [0.29, 0.717) is 4.47 Å². The van der Waals surface area contributed by atoms with Crippen molar-refractivity contribution < 1.29 is 24.6 Å². The SMILES string of the molecule is O=C(O)CCC(NC(=O)Cn1cc(Br)ccc1=O)C(=O)O. The zero-order valence-electron chi connectivity index (χ0n) is 10.8. The van der Waals surface area contributed by atoms with E-state index in [1.807, 2.05) is 0 Å². The molecule has 8 nitrogen and oxygen atoms in total. The molecule has 9 heteroatoms. The predicted molar refractivity (Wildman–Crippen MR) is 74.8 cm³/mol. The lowest BCUT2D eigenvalue weighted by molar-refractivity contribution is -0.143. The van der Waals surface area contributed by atoms with Gasteiger partial charge in [-0.25, -0.2) is 4.79 Å². The normalized spacial score (nSPS) is 11.7. The number of hydrogen-bond acceptors (Lipinski definition) is 4. The summed E-state index contributed by atoms with van der Waals surface area (Å²) < 4.78 is 1.70. The Balaban J connectivity index is 2.69. The molecule has 114 valence electrons. The van der Waals surface area contributed by atoms with Crippen LogP contribution in [0.3, 0.4) is 0 Å². The van der Waals surface area contributed by atoms with Crippen molar-refractivity contribution in [2.75, 3.05) is 0 Å². The average Bonchev–Trinajstić information content (AvgIpc) is 2.38. The predicted octanol–water partition coefficient (Wildman–Crippen LogP) is 0.0450. The third-order valence-electron chi connectivity index (χ3n) is 2.54. The van der Waals surface area contributed by atoms with Crippen molar-refractivity contribution in [3.05, 3.63) is 33.2 Å². The Kier molecular flexibility index (Phi) is 6.10. The highest BCUT2D eigenvalue weighted by molar-refractivity contribution is 9.10. The summed E-state index contributed by atoms with van der Waals surface area (Å²) in [4.78, 5) is 44.6. The zero-order valence-corrected chi connectivity index (χ0v) is 12.4. The van der Waals surface area contributed by atoms with Gasteiger partial charge < -0.3 is 20.1 Å².